The summed E-state index contributed by atoms with van der Waals surface area (Å²) in [5, 5.41) is 18.9. The van der Waals surface area contributed by atoms with E-state index in [2.05, 4.69) is 376 Å². The highest BCUT2D eigenvalue weighted by atomic mass is 15.0. The third-order valence-electron chi connectivity index (χ3n) is 20.1. The van der Waals surface area contributed by atoms with Crippen LogP contribution in [-0.2, 0) is 0 Å². The lowest BCUT2D eigenvalue weighted by Gasteiger charge is -2.12. The van der Waals surface area contributed by atoms with Crippen LogP contribution in [0.2, 0.25) is 0 Å². The largest absolute Gasteiger partial charge is 0.208 e. The van der Waals surface area contributed by atoms with Gasteiger partial charge >= 0.3 is 0 Å². The van der Waals surface area contributed by atoms with Crippen LogP contribution in [0.1, 0.15) is 0 Å². The summed E-state index contributed by atoms with van der Waals surface area (Å²) in [6.45, 7) is 0. The van der Waals surface area contributed by atoms with Crippen molar-refractivity contribution in [3.63, 3.8) is 0 Å². The summed E-state index contributed by atoms with van der Waals surface area (Å²) in [5.41, 5.74) is 15.4. The molecule has 104 heavy (non-hydrogen) atoms. The molecule has 6 heteroatoms. The highest BCUT2D eigenvalue weighted by Crippen LogP contribution is 2.39. The Kier molecular flexibility index (Phi) is 15.5. The summed E-state index contributed by atoms with van der Waals surface area (Å²) >= 11 is 0. The predicted octanol–water partition coefficient (Wildman–Crippen LogP) is 25.6. The molecule has 0 unspecified atom stereocenters. The lowest BCUT2D eigenvalue weighted by atomic mass is 9.93. The highest BCUT2D eigenvalue weighted by molar-refractivity contribution is 6.04. The molecule has 18 aromatic carbocycles. The molecule has 2 heterocycles. The summed E-state index contributed by atoms with van der Waals surface area (Å²) < 4.78 is 0. The Morgan fingerprint density at radius 2 is 0.346 bits per heavy atom. The number of benzene rings is 18. The van der Waals surface area contributed by atoms with Gasteiger partial charge in [0.2, 0.25) is 0 Å². The van der Waals surface area contributed by atoms with Crippen LogP contribution < -0.4 is 0 Å². The summed E-state index contributed by atoms with van der Waals surface area (Å²) in [5.74, 6) is 3.91. The molecule has 0 atom stereocenters. The Balaban J connectivity index is 0.000000143. The van der Waals surface area contributed by atoms with E-state index in [0.29, 0.717) is 34.9 Å². The fourth-order valence-electron chi connectivity index (χ4n) is 14.6. The minimum absolute atomic E-state index is 0.648. The summed E-state index contributed by atoms with van der Waals surface area (Å²) in [4.78, 5) is 30.4. The van der Waals surface area contributed by atoms with Gasteiger partial charge in [0.1, 0.15) is 0 Å². The first-order valence-electron chi connectivity index (χ1n) is 35.2. The molecule has 0 radical (unpaired) electrons. The van der Waals surface area contributed by atoms with Crippen molar-refractivity contribution >= 4 is 86.2 Å². The van der Waals surface area contributed by atoms with Crippen molar-refractivity contribution in [3.05, 3.63) is 376 Å². The van der Waals surface area contributed by atoms with E-state index in [1.807, 2.05) is 0 Å². The summed E-state index contributed by atoms with van der Waals surface area (Å²) in [6.07, 6.45) is 0. The lowest BCUT2D eigenvalue weighted by molar-refractivity contribution is 1.08. The fourth-order valence-corrected chi connectivity index (χ4v) is 14.6. The maximum atomic E-state index is 5.09. The number of rotatable bonds is 10. The Labute approximate surface area is 601 Å². The molecule has 20 rings (SSSR count). The monoisotopic (exact) mass is 1320 g/mol. The first-order chi connectivity index (χ1) is 51.4. The van der Waals surface area contributed by atoms with Crippen LogP contribution >= 0.6 is 0 Å². The second-order valence-electron chi connectivity index (χ2n) is 26.6. The van der Waals surface area contributed by atoms with Crippen molar-refractivity contribution in [3.8, 4) is 113 Å². The summed E-state index contributed by atoms with van der Waals surface area (Å²) in [7, 11) is 0. The molecule has 0 aliphatic carbocycles. The normalized spacial score (nSPS) is 11.5. The third kappa shape index (κ3) is 12.0. The molecular weight excluding hydrogens is 1260 g/mol. The van der Waals surface area contributed by atoms with Crippen molar-refractivity contribution in [1.29, 1.82) is 0 Å². The van der Waals surface area contributed by atoms with E-state index in [4.69, 9.17) is 29.9 Å². The number of hydrogen-bond donors (Lipinski definition) is 0. The molecule has 0 fully saturated rings. The molecule has 20 aromatic rings. The van der Waals surface area contributed by atoms with Gasteiger partial charge in [-0.15, -0.1) is 0 Å². The van der Waals surface area contributed by atoms with E-state index in [1.165, 1.54) is 87.6 Å². The highest BCUT2D eigenvalue weighted by Gasteiger charge is 2.18. The van der Waals surface area contributed by atoms with Crippen LogP contribution in [-0.4, -0.2) is 29.9 Å². The second-order valence-corrected chi connectivity index (χ2v) is 26.6. The number of hydrogen-bond acceptors (Lipinski definition) is 6. The van der Waals surface area contributed by atoms with Gasteiger partial charge < -0.3 is 0 Å². The van der Waals surface area contributed by atoms with Crippen LogP contribution in [0.15, 0.2) is 376 Å². The Morgan fingerprint density at radius 1 is 0.115 bits per heavy atom. The molecule has 484 valence electrons. The van der Waals surface area contributed by atoms with Gasteiger partial charge in [-0.25, -0.2) is 29.9 Å². The Morgan fingerprint density at radius 3 is 0.712 bits per heavy atom. The van der Waals surface area contributed by atoms with Gasteiger partial charge in [-0.1, -0.05) is 315 Å². The van der Waals surface area contributed by atoms with Gasteiger partial charge in [0.05, 0.1) is 0 Å². The van der Waals surface area contributed by atoms with Crippen molar-refractivity contribution in [1.82, 2.24) is 29.9 Å². The molecule has 0 saturated heterocycles. The van der Waals surface area contributed by atoms with E-state index in [-0.39, 0.29) is 0 Å². The number of aromatic nitrogens is 6. The smallest absolute Gasteiger partial charge is 0.164 e. The fraction of sp³-hybridized carbons (Fsp3) is 0. The van der Waals surface area contributed by atoms with Gasteiger partial charge in [-0.05, 0) is 191 Å². The number of nitrogens with zero attached hydrogens (tertiary/aromatic N) is 6. The van der Waals surface area contributed by atoms with Crippen molar-refractivity contribution in [2.45, 2.75) is 0 Å². The minimum Gasteiger partial charge on any atom is -0.208 e. The molecule has 0 aliphatic heterocycles. The van der Waals surface area contributed by atoms with E-state index in [1.54, 1.807) is 0 Å². The minimum atomic E-state index is 0.648. The average molecular weight is 1320 g/mol. The van der Waals surface area contributed by atoms with Crippen LogP contribution in [0.25, 0.3) is 199 Å². The van der Waals surface area contributed by atoms with E-state index < -0.39 is 0 Å². The van der Waals surface area contributed by atoms with Gasteiger partial charge in [-0.3, -0.25) is 0 Å². The van der Waals surface area contributed by atoms with Gasteiger partial charge in [0.25, 0.3) is 0 Å². The van der Waals surface area contributed by atoms with Crippen molar-refractivity contribution < 1.29 is 0 Å². The van der Waals surface area contributed by atoms with Gasteiger partial charge in [0, 0.05) is 33.4 Å². The standard InChI is InChI=1S/2C49H31N3/c1-2-9-32(10-3-1)37-25-26-46-40(27-37)15-8-16-45(46)41-21-19-39-31-44(24-20-38(39)28-41)49-51-47(42-22-17-33-11-4-6-13-35(33)29-42)50-48(52-49)43-23-18-34-12-5-7-14-36(34)30-43;1-2-9-32(10-3-1)40-20-19-35-15-8-16-45(46(35)31-40)41-23-21-39-30-44(26-22-38(39)27-41)49-51-47(42-24-17-33-11-4-6-13-36(33)28-42)50-48(52-49)43-25-18-34-12-5-7-14-37(34)29-43/h2*1-31H. The Hall–Kier alpha value is -13.9. The quantitative estimate of drug-likeness (QED) is 0.136. The molecule has 6 nitrogen and oxygen atoms in total. The predicted molar refractivity (Wildman–Crippen MR) is 434 cm³/mol. The SMILES string of the molecule is c1ccc(-c2ccc3c(-c4ccc5cc(-c6nc(-c7ccc8ccccc8c7)nc(-c7ccc8ccccc8c7)n6)ccc5c4)cccc3c2)cc1.c1ccc(-c2ccc3cccc(-c4ccc5cc(-c6nc(-c7ccc8ccccc8c7)nc(-c7ccc8ccccc8c7)n6)ccc5c4)c3c2)cc1. The van der Waals surface area contributed by atoms with Gasteiger partial charge in [-0.2, -0.15) is 0 Å². The number of fused-ring (bicyclic) bond motifs is 8. The van der Waals surface area contributed by atoms with E-state index >= 15 is 0 Å². The van der Waals surface area contributed by atoms with Crippen LogP contribution in [0.5, 0.6) is 0 Å². The molecular formula is C98H62N6. The zero-order valence-electron chi connectivity index (χ0n) is 56.5. The molecule has 0 spiro atoms. The molecule has 2 aromatic heterocycles. The van der Waals surface area contributed by atoms with Crippen molar-refractivity contribution in [2.24, 2.45) is 0 Å². The van der Waals surface area contributed by atoms with Crippen LogP contribution in [0.3, 0.4) is 0 Å². The topological polar surface area (TPSA) is 77.3 Å². The van der Waals surface area contributed by atoms with Crippen molar-refractivity contribution in [2.75, 3.05) is 0 Å². The molecule has 0 N–H and O–H groups in total. The molecule has 0 saturated carbocycles. The third-order valence-corrected chi connectivity index (χ3v) is 20.1. The first-order valence-corrected chi connectivity index (χ1v) is 35.2. The molecule has 0 amide bonds. The van der Waals surface area contributed by atoms with Gasteiger partial charge in [0.15, 0.2) is 34.9 Å². The lowest BCUT2D eigenvalue weighted by Crippen LogP contribution is -2.00. The molecule has 0 aliphatic rings. The zero-order valence-corrected chi connectivity index (χ0v) is 56.5. The Bertz CT molecular complexity index is 6550. The zero-order chi connectivity index (χ0) is 68.9. The average Bonchev–Trinajstić information content (AvgIpc) is 0.779. The van der Waals surface area contributed by atoms with E-state index in [0.717, 1.165) is 76.5 Å². The first kappa shape index (κ1) is 61.2. The van der Waals surface area contributed by atoms with E-state index in [9.17, 15) is 0 Å². The van der Waals surface area contributed by atoms with Crippen LogP contribution in [0, 0.1) is 0 Å². The van der Waals surface area contributed by atoms with Crippen LogP contribution in [0.4, 0.5) is 0 Å². The maximum Gasteiger partial charge on any atom is 0.164 e. The molecule has 0 bridgehead atoms. The second kappa shape index (κ2) is 26.3. The maximum absolute atomic E-state index is 5.09. The summed E-state index contributed by atoms with van der Waals surface area (Å²) in [6, 6.07) is 133.